The molecule has 0 spiro atoms. The van der Waals surface area contributed by atoms with Crippen LogP contribution in [0.15, 0.2) is 11.1 Å². The molecule has 2 heterocycles. The van der Waals surface area contributed by atoms with E-state index < -0.39 is 5.97 Å². The average Bonchev–Trinajstić information content (AvgIpc) is 2.73. The van der Waals surface area contributed by atoms with E-state index in [0.717, 1.165) is 0 Å². The Kier molecular flexibility index (Phi) is 5.03. The van der Waals surface area contributed by atoms with Crippen LogP contribution in [0.5, 0.6) is 0 Å². The monoisotopic (exact) mass is 297 g/mol. The number of carbonyl (C=O) groups is 2. The van der Waals surface area contributed by atoms with Crippen molar-refractivity contribution in [1.82, 2.24) is 24.5 Å². The minimum Gasteiger partial charge on any atom is -0.475 e. The summed E-state index contributed by atoms with van der Waals surface area (Å²) in [5, 5.41) is 12.9. The molecular formula is C11H15N5O3S. The molecule has 108 valence electrons. The molecule has 2 aromatic heterocycles. The molecule has 8 nitrogen and oxygen atoms in total. The fourth-order valence-corrected chi connectivity index (χ4v) is 1.38. The highest BCUT2D eigenvalue weighted by Crippen LogP contribution is 2.09. The van der Waals surface area contributed by atoms with Crippen molar-refractivity contribution in [3.8, 4) is 0 Å². The maximum Gasteiger partial charge on any atom is 0.375 e. The van der Waals surface area contributed by atoms with Crippen molar-refractivity contribution in [3.05, 3.63) is 17.6 Å². The number of carboxylic acids is 1. The number of amides is 1. The molecule has 0 aliphatic heterocycles. The zero-order valence-corrected chi connectivity index (χ0v) is 12.4. The topological polar surface area (TPSA) is 101 Å². The van der Waals surface area contributed by atoms with Crippen LogP contribution in [0, 0.1) is 6.92 Å². The maximum atomic E-state index is 10.6. The van der Waals surface area contributed by atoms with E-state index >= 15 is 0 Å². The SMILES string of the molecule is CC(=O)N(C)C.Cc1cc(S)n2nc(C(=O)O)nc2n1. The summed E-state index contributed by atoms with van der Waals surface area (Å²) >= 11 is 4.13. The fraction of sp³-hybridized carbons (Fsp3) is 0.364. The molecule has 0 unspecified atom stereocenters. The first kappa shape index (κ1) is 15.9. The number of rotatable bonds is 1. The molecule has 1 amide bonds. The Bertz CT molecular complexity index is 653. The Balaban J connectivity index is 0.000000286. The van der Waals surface area contributed by atoms with Gasteiger partial charge in [-0.1, -0.05) is 0 Å². The van der Waals surface area contributed by atoms with E-state index in [1.54, 1.807) is 27.1 Å². The summed E-state index contributed by atoms with van der Waals surface area (Å²) in [5.41, 5.74) is 0.715. The molecule has 0 aliphatic carbocycles. The van der Waals surface area contributed by atoms with Gasteiger partial charge in [-0.05, 0) is 13.0 Å². The van der Waals surface area contributed by atoms with Crippen molar-refractivity contribution < 1.29 is 14.7 Å². The first-order chi connectivity index (χ1) is 9.22. The molecule has 20 heavy (non-hydrogen) atoms. The van der Waals surface area contributed by atoms with Crippen molar-refractivity contribution in [3.63, 3.8) is 0 Å². The minimum absolute atomic E-state index is 0.0926. The number of aromatic carboxylic acids is 1. The van der Waals surface area contributed by atoms with Gasteiger partial charge in [-0.3, -0.25) is 4.79 Å². The lowest BCUT2D eigenvalue weighted by atomic mass is 10.5. The van der Waals surface area contributed by atoms with Crippen LogP contribution in [-0.2, 0) is 4.79 Å². The summed E-state index contributed by atoms with van der Waals surface area (Å²) in [7, 11) is 3.45. The minimum atomic E-state index is -1.18. The quantitative estimate of drug-likeness (QED) is 0.587. The van der Waals surface area contributed by atoms with Gasteiger partial charge in [0.1, 0.15) is 5.03 Å². The number of fused-ring (bicyclic) bond motifs is 1. The van der Waals surface area contributed by atoms with Gasteiger partial charge in [0.05, 0.1) is 0 Å². The second kappa shape index (κ2) is 6.33. The van der Waals surface area contributed by atoms with Gasteiger partial charge in [0.15, 0.2) is 0 Å². The van der Waals surface area contributed by atoms with E-state index in [0.29, 0.717) is 10.7 Å². The molecular weight excluding hydrogens is 282 g/mol. The number of carbonyl (C=O) groups excluding carboxylic acids is 1. The van der Waals surface area contributed by atoms with Gasteiger partial charge in [-0.25, -0.2) is 9.78 Å². The van der Waals surface area contributed by atoms with Crippen molar-refractivity contribution in [1.29, 1.82) is 0 Å². The number of thiol groups is 1. The predicted molar refractivity (Wildman–Crippen MR) is 74.1 cm³/mol. The summed E-state index contributed by atoms with van der Waals surface area (Å²) in [6, 6.07) is 1.68. The second-order valence-electron chi connectivity index (χ2n) is 4.12. The van der Waals surface area contributed by atoms with Gasteiger partial charge in [0.25, 0.3) is 11.6 Å². The van der Waals surface area contributed by atoms with E-state index in [-0.39, 0.29) is 17.5 Å². The molecule has 2 rings (SSSR count). The van der Waals surface area contributed by atoms with Gasteiger partial charge in [-0.2, -0.15) is 9.50 Å². The van der Waals surface area contributed by atoms with E-state index in [1.165, 1.54) is 16.3 Å². The predicted octanol–water partition coefficient (Wildman–Crippen LogP) is 0.514. The Morgan fingerprint density at radius 3 is 2.35 bits per heavy atom. The lowest BCUT2D eigenvalue weighted by Crippen LogP contribution is -2.17. The molecule has 0 atom stereocenters. The molecule has 1 N–H and O–H groups in total. The van der Waals surface area contributed by atoms with Crippen LogP contribution < -0.4 is 0 Å². The van der Waals surface area contributed by atoms with Crippen molar-refractivity contribution in [2.24, 2.45) is 0 Å². The molecule has 0 bridgehead atoms. The molecule has 0 aromatic carbocycles. The third kappa shape index (κ3) is 3.92. The second-order valence-corrected chi connectivity index (χ2v) is 4.58. The Labute approximate surface area is 120 Å². The van der Waals surface area contributed by atoms with Crippen LogP contribution in [-0.4, -0.2) is 55.6 Å². The Hall–Kier alpha value is -2.16. The summed E-state index contributed by atoms with van der Waals surface area (Å²) < 4.78 is 1.28. The number of hydrogen-bond acceptors (Lipinski definition) is 6. The zero-order valence-electron chi connectivity index (χ0n) is 11.5. The number of aryl methyl sites for hydroxylation is 1. The summed E-state index contributed by atoms with van der Waals surface area (Å²) in [6.45, 7) is 3.30. The standard InChI is InChI=1S/C7H6N4O2S.C4H9NO/c1-3-2-4(14)11-7(8-3)9-5(10-11)6(12)13;1-4(6)5(2)3/h2,14H,1H3,(H,12,13);1-3H3. The van der Waals surface area contributed by atoms with Crippen LogP contribution in [0.4, 0.5) is 0 Å². The van der Waals surface area contributed by atoms with Crippen LogP contribution in [0.3, 0.4) is 0 Å². The summed E-state index contributed by atoms with van der Waals surface area (Å²) in [5.74, 6) is -1.12. The zero-order chi connectivity index (χ0) is 15.4. The third-order valence-electron chi connectivity index (χ3n) is 2.24. The van der Waals surface area contributed by atoms with Crippen LogP contribution in [0.1, 0.15) is 23.2 Å². The lowest BCUT2D eigenvalue weighted by Gasteiger charge is -2.02. The number of carboxylic acid groups (broad SMARTS) is 1. The van der Waals surface area contributed by atoms with Gasteiger partial charge in [-0.15, -0.1) is 17.7 Å². The Morgan fingerprint density at radius 2 is 1.90 bits per heavy atom. The first-order valence-electron chi connectivity index (χ1n) is 5.57. The van der Waals surface area contributed by atoms with Crippen LogP contribution in [0.2, 0.25) is 0 Å². The number of hydrogen-bond donors (Lipinski definition) is 2. The molecule has 0 saturated heterocycles. The van der Waals surface area contributed by atoms with Crippen LogP contribution >= 0.6 is 12.6 Å². The van der Waals surface area contributed by atoms with Gasteiger partial charge >= 0.3 is 5.97 Å². The number of aromatic nitrogens is 4. The highest BCUT2D eigenvalue weighted by Gasteiger charge is 2.13. The number of nitrogens with zero attached hydrogens (tertiary/aromatic N) is 5. The van der Waals surface area contributed by atoms with E-state index in [2.05, 4.69) is 27.7 Å². The van der Waals surface area contributed by atoms with E-state index in [1.807, 2.05) is 0 Å². The van der Waals surface area contributed by atoms with Gasteiger partial charge in [0.2, 0.25) is 5.91 Å². The van der Waals surface area contributed by atoms with E-state index in [4.69, 9.17) is 5.11 Å². The van der Waals surface area contributed by atoms with E-state index in [9.17, 15) is 9.59 Å². The van der Waals surface area contributed by atoms with Crippen molar-refractivity contribution >= 4 is 30.3 Å². The molecule has 2 aromatic rings. The molecule has 0 radical (unpaired) electrons. The molecule has 0 aliphatic rings. The van der Waals surface area contributed by atoms with Crippen LogP contribution in [0.25, 0.3) is 5.78 Å². The summed E-state index contributed by atoms with van der Waals surface area (Å²) in [6.07, 6.45) is 0. The van der Waals surface area contributed by atoms with Crippen molar-refractivity contribution in [2.45, 2.75) is 18.9 Å². The highest BCUT2D eigenvalue weighted by atomic mass is 32.1. The summed E-state index contributed by atoms with van der Waals surface area (Å²) in [4.78, 5) is 29.9. The Morgan fingerprint density at radius 1 is 1.35 bits per heavy atom. The molecule has 9 heteroatoms. The maximum absolute atomic E-state index is 10.6. The first-order valence-corrected chi connectivity index (χ1v) is 6.01. The smallest absolute Gasteiger partial charge is 0.375 e. The van der Waals surface area contributed by atoms with Gasteiger partial charge in [0, 0.05) is 26.7 Å². The highest BCUT2D eigenvalue weighted by molar-refractivity contribution is 7.80. The third-order valence-corrected chi connectivity index (χ3v) is 2.56. The van der Waals surface area contributed by atoms with Gasteiger partial charge < -0.3 is 10.0 Å². The molecule has 0 fully saturated rings. The normalized spacial score (nSPS) is 9.85. The molecule has 0 saturated carbocycles. The lowest BCUT2D eigenvalue weighted by molar-refractivity contribution is -0.126. The average molecular weight is 297 g/mol. The van der Waals surface area contributed by atoms with Crippen molar-refractivity contribution in [2.75, 3.05) is 14.1 Å². The largest absolute Gasteiger partial charge is 0.475 e. The fourth-order valence-electron chi connectivity index (χ4n) is 1.06.